The van der Waals surface area contributed by atoms with Gasteiger partial charge >= 0.3 is 5.97 Å². The van der Waals surface area contributed by atoms with E-state index in [0.717, 1.165) is 6.42 Å². The Labute approximate surface area is 136 Å². The van der Waals surface area contributed by atoms with E-state index < -0.39 is 21.8 Å². The first-order chi connectivity index (χ1) is 10.9. The summed E-state index contributed by atoms with van der Waals surface area (Å²) in [5.41, 5.74) is 0.313. The lowest BCUT2D eigenvalue weighted by Crippen LogP contribution is -2.40. The maximum absolute atomic E-state index is 12.4. The number of aliphatic carboxylic acids is 1. The minimum atomic E-state index is -3.33. The fourth-order valence-electron chi connectivity index (χ4n) is 2.69. The average Bonchev–Trinajstić information content (AvgIpc) is 3.02. The van der Waals surface area contributed by atoms with Crippen LogP contribution in [0, 0.1) is 0 Å². The van der Waals surface area contributed by atoms with Gasteiger partial charge in [0, 0.05) is 12.1 Å². The maximum atomic E-state index is 12.4. The number of benzene rings is 1. The van der Waals surface area contributed by atoms with Gasteiger partial charge in [0.1, 0.15) is 6.04 Å². The monoisotopic (exact) mass is 339 g/mol. The van der Waals surface area contributed by atoms with Crippen LogP contribution in [0.25, 0.3) is 0 Å². The van der Waals surface area contributed by atoms with Gasteiger partial charge in [0.05, 0.1) is 10.6 Å². The number of carboxylic acid groups (broad SMARTS) is 1. The van der Waals surface area contributed by atoms with Crippen LogP contribution in [0.1, 0.15) is 43.0 Å². The molecule has 0 aromatic heterocycles. The molecule has 1 heterocycles. The van der Waals surface area contributed by atoms with E-state index in [4.69, 9.17) is 5.11 Å². The van der Waals surface area contributed by atoms with Crippen LogP contribution in [0.4, 0.5) is 0 Å². The van der Waals surface area contributed by atoms with Crippen molar-refractivity contribution in [1.29, 1.82) is 0 Å². The summed E-state index contributed by atoms with van der Waals surface area (Å²) in [7, 11) is -3.33. The molecule has 1 aliphatic rings. The molecule has 6 nitrogen and oxygen atoms in total. The van der Waals surface area contributed by atoms with Crippen molar-refractivity contribution in [3.8, 4) is 0 Å². The SMILES string of the molecule is CCCCS(=O)(=O)c1ccc(C(=O)N2CCCC2C(=O)O)cc1. The number of sulfone groups is 1. The third-order valence-corrected chi connectivity index (χ3v) is 5.84. The molecule has 7 heteroatoms. The van der Waals surface area contributed by atoms with Gasteiger partial charge in [-0.15, -0.1) is 0 Å². The molecule has 1 N–H and O–H groups in total. The zero-order valence-electron chi connectivity index (χ0n) is 13.1. The summed E-state index contributed by atoms with van der Waals surface area (Å²) in [4.78, 5) is 25.1. The molecule has 1 aromatic carbocycles. The molecule has 1 fully saturated rings. The number of carbonyl (C=O) groups excluding carboxylic acids is 1. The Morgan fingerprint density at radius 1 is 1.26 bits per heavy atom. The summed E-state index contributed by atoms with van der Waals surface area (Å²) < 4.78 is 24.2. The Morgan fingerprint density at radius 2 is 1.91 bits per heavy atom. The highest BCUT2D eigenvalue weighted by Gasteiger charge is 2.34. The van der Waals surface area contributed by atoms with E-state index in [1.807, 2.05) is 6.92 Å². The van der Waals surface area contributed by atoms with Gasteiger partial charge in [0.2, 0.25) is 0 Å². The van der Waals surface area contributed by atoms with Gasteiger partial charge in [0.15, 0.2) is 9.84 Å². The molecule has 1 saturated heterocycles. The fraction of sp³-hybridized carbons (Fsp3) is 0.500. The van der Waals surface area contributed by atoms with Crippen molar-refractivity contribution < 1.29 is 23.1 Å². The summed E-state index contributed by atoms with van der Waals surface area (Å²) in [6.45, 7) is 2.33. The number of carboxylic acids is 1. The third-order valence-electron chi connectivity index (χ3n) is 4.03. The van der Waals surface area contributed by atoms with Crippen molar-refractivity contribution >= 4 is 21.7 Å². The first kappa shape index (κ1) is 17.5. The number of carbonyl (C=O) groups is 2. The summed E-state index contributed by atoms with van der Waals surface area (Å²) >= 11 is 0. The van der Waals surface area contributed by atoms with E-state index in [-0.39, 0.29) is 16.6 Å². The lowest BCUT2D eigenvalue weighted by molar-refractivity contribution is -0.141. The number of amides is 1. The number of hydrogen-bond acceptors (Lipinski definition) is 4. The molecule has 1 aromatic rings. The zero-order valence-corrected chi connectivity index (χ0v) is 13.9. The standard InChI is InChI=1S/C16H21NO5S/c1-2-3-11-23(21,22)13-8-6-12(7-9-13)15(18)17-10-4-5-14(17)16(19)20/h6-9,14H,2-5,10-11H2,1H3,(H,19,20). The minimum absolute atomic E-state index is 0.0873. The molecule has 1 atom stereocenters. The largest absolute Gasteiger partial charge is 0.480 e. The summed E-state index contributed by atoms with van der Waals surface area (Å²) in [6.07, 6.45) is 2.50. The van der Waals surface area contributed by atoms with Gasteiger partial charge in [-0.1, -0.05) is 13.3 Å². The molecular formula is C16H21NO5S. The Hall–Kier alpha value is -1.89. The van der Waals surface area contributed by atoms with Gasteiger partial charge in [-0.2, -0.15) is 0 Å². The van der Waals surface area contributed by atoms with Gasteiger partial charge < -0.3 is 10.0 Å². The molecule has 2 rings (SSSR count). The van der Waals surface area contributed by atoms with Gasteiger partial charge in [-0.05, 0) is 43.5 Å². The van der Waals surface area contributed by atoms with Crippen molar-refractivity contribution in [2.45, 2.75) is 43.5 Å². The van der Waals surface area contributed by atoms with E-state index in [0.29, 0.717) is 31.4 Å². The number of likely N-dealkylation sites (tertiary alicyclic amines) is 1. The van der Waals surface area contributed by atoms with Crippen molar-refractivity contribution in [1.82, 2.24) is 4.90 Å². The summed E-state index contributed by atoms with van der Waals surface area (Å²) in [5.74, 6) is -1.29. The van der Waals surface area contributed by atoms with Gasteiger partial charge in [-0.25, -0.2) is 13.2 Å². The third kappa shape index (κ3) is 3.90. The zero-order chi connectivity index (χ0) is 17.0. The van der Waals surface area contributed by atoms with Crippen molar-refractivity contribution in [3.05, 3.63) is 29.8 Å². The highest BCUT2D eigenvalue weighted by Crippen LogP contribution is 2.21. The van der Waals surface area contributed by atoms with E-state index in [1.54, 1.807) is 0 Å². The quantitative estimate of drug-likeness (QED) is 0.855. The average molecular weight is 339 g/mol. The number of unbranched alkanes of at least 4 members (excludes halogenated alkanes) is 1. The molecule has 0 radical (unpaired) electrons. The first-order valence-electron chi connectivity index (χ1n) is 7.73. The molecule has 23 heavy (non-hydrogen) atoms. The van der Waals surface area contributed by atoms with Crippen LogP contribution in [0.15, 0.2) is 29.2 Å². The predicted molar refractivity (Wildman–Crippen MR) is 85.1 cm³/mol. The van der Waals surface area contributed by atoms with E-state index in [2.05, 4.69) is 0 Å². The van der Waals surface area contributed by atoms with E-state index in [9.17, 15) is 18.0 Å². The highest BCUT2D eigenvalue weighted by atomic mass is 32.2. The molecular weight excluding hydrogens is 318 g/mol. The van der Waals surface area contributed by atoms with Crippen LogP contribution in [-0.2, 0) is 14.6 Å². The van der Waals surface area contributed by atoms with E-state index >= 15 is 0 Å². The van der Waals surface area contributed by atoms with Crippen molar-refractivity contribution in [2.75, 3.05) is 12.3 Å². The van der Waals surface area contributed by atoms with Gasteiger partial charge in [0.25, 0.3) is 5.91 Å². The first-order valence-corrected chi connectivity index (χ1v) is 9.38. The second-order valence-corrected chi connectivity index (χ2v) is 7.80. The van der Waals surface area contributed by atoms with Crippen LogP contribution < -0.4 is 0 Å². The highest BCUT2D eigenvalue weighted by molar-refractivity contribution is 7.91. The predicted octanol–water partition coefficient (Wildman–Crippen LogP) is 1.95. The lowest BCUT2D eigenvalue weighted by atomic mass is 10.1. The Balaban J connectivity index is 2.16. The molecule has 0 aliphatic carbocycles. The Morgan fingerprint density at radius 3 is 2.48 bits per heavy atom. The van der Waals surface area contributed by atoms with Crippen LogP contribution in [0.2, 0.25) is 0 Å². The molecule has 1 unspecified atom stereocenters. The fourth-order valence-corrected chi connectivity index (χ4v) is 4.14. The van der Waals surface area contributed by atoms with Crippen LogP contribution in [0.5, 0.6) is 0 Å². The molecule has 126 valence electrons. The second kappa shape index (κ2) is 7.12. The van der Waals surface area contributed by atoms with E-state index in [1.165, 1.54) is 29.2 Å². The topological polar surface area (TPSA) is 91.8 Å². The van der Waals surface area contributed by atoms with Crippen molar-refractivity contribution in [3.63, 3.8) is 0 Å². The smallest absolute Gasteiger partial charge is 0.326 e. The van der Waals surface area contributed by atoms with Crippen LogP contribution in [0.3, 0.4) is 0 Å². The number of rotatable bonds is 6. The summed E-state index contributed by atoms with van der Waals surface area (Å²) in [5, 5.41) is 9.14. The maximum Gasteiger partial charge on any atom is 0.326 e. The molecule has 1 aliphatic heterocycles. The van der Waals surface area contributed by atoms with Crippen molar-refractivity contribution in [2.24, 2.45) is 0 Å². The molecule has 0 spiro atoms. The Bertz CT molecular complexity index is 681. The summed E-state index contributed by atoms with van der Waals surface area (Å²) in [6, 6.07) is 4.96. The second-order valence-electron chi connectivity index (χ2n) is 5.69. The molecule has 0 bridgehead atoms. The Kier molecular flexibility index (Phi) is 5.41. The normalized spacial score (nSPS) is 18.1. The van der Waals surface area contributed by atoms with Gasteiger partial charge in [-0.3, -0.25) is 4.79 Å². The number of nitrogens with zero attached hydrogens (tertiary/aromatic N) is 1. The minimum Gasteiger partial charge on any atom is -0.480 e. The number of hydrogen-bond donors (Lipinski definition) is 1. The molecule has 1 amide bonds. The molecule has 0 saturated carbocycles. The van der Waals surface area contributed by atoms with Crippen LogP contribution >= 0.6 is 0 Å². The van der Waals surface area contributed by atoms with Crippen LogP contribution in [-0.4, -0.2) is 48.6 Å². The lowest BCUT2D eigenvalue weighted by Gasteiger charge is -2.21.